The van der Waals surface area contributed by atoms with Crippen molar-refractivity contribution in [1.82, 2.24) is 9.79 Å². The summed E-state index contributed by atoms with van der Waals surface area (Å²) in [5, 5.41) is 10.3. The highest BCUT2D eigenvalue weighted by molar-refractivity contribution is 7.89. The molecule has 0 aromatic carbocycles. The van der Waals surface area contributed by atoms with Crippen LogP contribution < -0.4 is 5.48 Å². The van der Waals surface area contributed by atoms with Crippen LogP contribution in [0.2, 0.25) is 0 Å². The van der Waals surface area contributed by atoms with E-state index in [0.717, 1.165) is 9.18 Å². The Hall–Kier alpha value is -0.670. The lowest BCUT2D eigenvalue weighted by Crippen LogP contribution is -2.40. The van der Waals surface area contributed by atoms with Gasteiger partial charge in [-0.2, -0.15) is 4.31 Å². The lowest BCUT2D eigenvalue weighted by Gasteiger charge is -2.19. The molecule has 2 N–H and O–H groups in total. The van der Waals surface area contributed by atoms with E-state index in [-0.39, 0.29) is 18.2 Å². The van der Waals surface area contributed by atoms with E-state index in [9.17, 15) is 13.2 Å². The Balaban J connectivity index is 2.84. The Labute approximate surface area is 114 Å². The summed E-state index contributed by atoms with van der Waals surface area (Å²) in [4.78, 5) is 11.9. The van der Waals surface area contributed by atoms with Crippen molar-refractivity contribution in [2.24, 2.45) is 0 Å². The van der Waals surface area contributed by atoms with Gasteiger partial charge < -0.3 is 0 Å². The Morgan fingerprint density at radius 1 is 1.56 bits per heavy atom. The molecule has 0 fully saturated rings. The first-order chi connectivity index (χ1) is 8.49. The highest BCUT2D eigenvalue weighted by Gasteiger charge is 2.24. The van der Waals surface area contributed by atoms with Crippen LogP contribution in [-0.2, 0) is 21.4 Å². The van der Waals surface area contributed by atoms with Gasteiger partial charge in [0.15, 0.2) is 0 Å². The van der Waals surface area contributed by atoms with Gasteiger partial charge in [0.2, 0.25) is 10.0 Å². The molecule has 0 bridgehead atoms. The number of alkyl halides is 1. The van der Waals surface area contributed by atoms with Crippen molar-refractivity contribution in [3.05, 3.63) is 22.4 Å². The van der Waals surface area contributed by atoms with Crippen LogP contribution in [0.1, 0.15) is 4.88 Å². The zero-order chi connectivity index (χ0) is 13.6. The second kappa shape index (κ2) is 7.05. The summed E-state index contributed by atoms with van der Waals surface area (Å²) >= 11 is 6.82. The van der Waals surface area contributed by atoms with Crippen molar-refractivity contribution in [2.45, 2.75) is 6.54 Å². The monoisotopic (exact) mass is 312 g/mol. The van der Waals surface area contributed by atoms with Crippen LogP contribution in [0, 0.1) is 0 Å². The zero-order valence-electron chi connectivity index (χ0n) is 9.37. The molecule has 6 nitrogen and oxygen atoms in total. The minimum Gasteiger partial charge on any atom is -0.289 e. The van der Waals surface area contributed by atoms with Crippen LogP contribution in [0.3, 0.4) is 0 Å². The number of hydrogen-bond donors (Lipinski definition) is 2. The number of sulfonamides is 1. The number of thiophene rings is 1. The summed E-state index contributed by atoms with van der Waals surface area (Å²) in [6.45, 7) is -0.349. The third-order valence-corrected chi connectivity index (χ3v) is 5.12. The number of amides is 1. The molecule has 1 amide bonds. The van der Waals surface area contributed by atoms with Gasteiger partial charge >= 0.3 is 0 Å². The molecule has 0 saturated heterocycles. The number of hydroxylamine groups is 1. The number of nitrogens with one attached hydrogen (secondary N) is 1. The minimum absolute atomic E-state index is 0.0516. The van der Waals surface area contributed by atoms with E-state index in [4.69, 9.17) is 16.8 Å². The molecule has 0 spiro atoms. The molecule has 18 heavy (non-hydrogen) atoms. The van der Waals surface area contributed by atoms with Gasteiger partial charge in [0.1, 0.15) is 0 Å². The molecule has 1 heterocycles. The third kappa shape index (κ3) is 4.54. The minimum atomic E-state index is -3.62. The Morgan fingerprint density at radius 3 is 2.78 bits per heavy atom. The Bertz CT molecular complexity index is 475. The number of carbonyl (C=O) groups excluding carboxylic acids is 1. The zero-order valence-corrected chi connectivity index (χ0v) is 11.8. The maximum atomic E-state index is 11.9. The van der Waals surface area contributed by atoms with Crippen LogP contribution >= 0.6 is 22.9 Å². The fraction of sp³-hybridized carbons (Fsp3) is 0.444. The van der Waals surface area contributed by atoms with Crippen molar-refractivity contribution in [1.29, 1.82) is 0 Å². The highest BCUT2D eigenvalue weighted by Crippen LogP contribution is 2.14. The summed E-state index contributed by atoms with van der Waals surface area (Å²) in [6.07, 6.45) is 0. The molecule has 0 aliphatic carbocycles. The van der Waals surface area contributed by atoms with Gasteiger partial charge in [-0.3, -0.25) is 10.0 Å². The van der Waals surface area contributed by atoms with Gasteiger partial charge in [-0.15, -0.1) is 22.9 Å². The number of rotatable bonds is 7. The normalized spacial score (nSPS) is 11.7. The van der Waals surface area contributed by atoms with Crippen LogP contribution in [0.15, 0.2) is 17.5 Å². The van der Waals surface area contributed by atoms with E-state index >= 15 is 0 Å². The highest BCUT2D eigenvalue weighted by atomic mass is 35.5. The molecule has 1 rings (SSSR count). The molecule has 0 atom stereocenters. The number of hydrogen-bond acceptors (Lipinski definition) is 5. The van der Waals surface area contributed by atoms with E-state index < -0.39 is 22.5 Å². The average molecular weight is 313 g/mol. The quantitative estimate of drug-likeness (QED) is 0.439. The predicted molar refractivity (Wildman–Crippen MR) is 69.2 cm³/mol. The largest absolute Gasteiger partial charge is 0.289 e. The van der Waals surface area contributed by atoms with Crippen LogP contribution in [-0.4, -0.2) is 42.0 Å². The fourth-order valence-corrected chi connectivity index (χ4v) is 3.74. The van der Waals surface area contributed by atoms with E-state index in [1.54, 1.807) is 12.1 Å². The van der Waals surface area contributed by atoms with Crippen molar-refractivity contribution >= 4 is 38.9 Å². The number of halogens is 1. The molecular weight excluding hydrogens is 300 g/mol. The summed E-state index contributed by atoms with van der Waals surface area (Å²) in [5.41, 5.74) is 1.41. The predicted octanol–water partition coefficient (Wildman–Crippen LogP) is 0.624. The lowest BCUT2D eigenvalue weighted by molar-refractivity contribution is -0.129. The molecule has 1 aromatic heterocycles. The van der Waals surface area contributed by atoms with Gasteiger partial charge in [-0.25, -0.2) is 13.9 Å². The van der Waals surface area contributed by atoms with Crippen LogP contribution in [0.5, 0.6) is 0 Å². The van der Waals surface area contributed by atoms with Gasteiger partial charge in [0.25, 0.3) is 5.91 Å². The second-order valence-electron chi connectivity index (χ2n) is 3.39. The van der Waals surface area contributed by atoms with Crippen molar-refractivity contribution in [3.8, 4) is 0 Å². The summed E-state index contributed by atoms with van der Waals surface area (Å²) in [5.74, 6) is -1.09. The Kier molecular flexibility index (Phi) is 6.03. The SMILES string of the molecule is O=C(CN(Cc1cccs1)S(=O)(=O)CCCl)NO. The van der Waals surface area contributed by atoms with E-state index in [0.29, 0.717) is 0 Å². The van der Waals surface area contributed by atoms with Gasteiger partial charge in [0.05, 0.1) is 12.3 Å². The molecule has 102 valence electrons. The van der Waals surface area contributed by atoms with E-state index in [2.05, 4.69) is 0 Å². The second-order valence-corrected chi connectivity index (χ2v) is 6.89. The first-order valence-electron chi connectivity index (χ1n) is 4.98. The van der Waals surface area contributed by atoms with Crippen molar-refractivity contribution in [2.75, 3.05) is 18.2 Å². The van der Waals surface area contributed by atoms with Gasteiger partial charge in [-0.1, -0.05) is 6.07 Å². The van der Waals surface area contributed by atoms with Gasteiger partial charge in [-0.05, 0) is 11.4 Å². The summed E-state index contributed by atoms with van der Waals surface area (Å²) < 4.78 is 24.8. The summed E-state index contributed by atoms with van der Waals surface area (Å²) in [6, 6.07) is 3.56. The smallest absolute Gasteiger partial charge is 0.258 e. The third-order valence-electron chi connectivity index (χ3n) is 2.09. The molecule has 0 saturated carbocycles. The lowest BCUT2D eigenvalue weighted by atomic mass is 10.4. The maximum absolute atomic E-state index is 11.9. The first-order valence-corrected chi connectivity index (χ1v) is 8.01. The van der Waals surface area contributed by atoms with Crippen LogP contribution in [0.25, 0.3) is 0 Å². The fourth-order valence-electron chi connectivity index (χ4n) is 1.25. The number of carbonyl (C=O) groups is 1. The molecule has 1 aromatic rings. The van der Waals surface area contributed by atoms with Gasteiger partial charge in [0, 0.05) is 17.3 Å². The molecule has 0 aliphatic heterocycles. The van der Waals surface area contributed by atoms with Crippen molar-refractivity contribution < 1.29 is 18.4 Å². The standard InChI is InChI=1S/C9H13ClN2O4S2/c10-3-5-18(15,16)12(7-9(13)11-14)6-8-2-1-4-17-8/h1-2,4,14H,3,5-7H2,(H,11,13). The van der Waals surface area contributed by atoms with E-state index in [1.807, 2.05) is 5.38 Å². The molecule has 0 unspecified atom stereocenters. The molecular formula is C9H13ClN2O4S2. The van der Waals surface area contributed by atoms with Crippen molar-refractivity contribution in [3.63, 3.8) is 0 Å². The maximum Gasteiger partial charge on any atom is 0.258 e. The Morgan fingerprint density at radius 2 is 2.28 bits per heavy atom. The summed E-state index contributed by atoms with van der Waals surface area (Å²) in [7, 11) is -3.62. The molecule has 9 heteroatoms. The van der Waals surface area contributed by atoms with E-state index in [1.165, 1.54) is 16.8 Å². The van der Waals surface area contributed by atoms with Crippen LogP contribution in [0.4, 0.5) is 0 Å². The molecule has 0 aliphatic rings. The topological polar surface area (TPSA) is 86.7 Å². The average Bonchev–Trinajstić information content (AvgIpc) is 2.80. The first kappa shape index (κ1) is 15.4. The number of nitrogens with zero attached hydrogens (tertiary/aromatic N) is 1. The molecule has 0 radical (unpaired) electrons.